The van der Waals surface area contributed by atoms with Gasteiger partial charge in [0.15, 0.2) is 11.0 Å². The summed E-state index contributed by atoms with van der Waals surface area (Å²) in [7, 11) is 0. The Morgan fingerprint density at radius 1 is 1.03 bits per heavy atom. The third-order valence-electron chi connectivity index (χ3n) is 5.91. The van der Waals surface area contributed by atoms with E-state index in [-0.39, 0.29) is 23.0 Å². The van der Waals surface area contributed by atoms with Gasteiger partial charge in [-0.05, 0) is 69.6 Å². The van der Waals surface area contributed by atoms with Gasteiger partial charge in [-0.1, -0.05) is 48.5 Å². The quantitative estimate of drug-likeness (QED) is 0.485. The minimum absolute atomic E-state index is 0.0670. The van der Waals surface area contributed by atoms with Crippen LogP contribution in [-0.2, 0) is 11.3 Å². The Bertz CT molecular complexity index is 1050. The lowest BCUT2D eigenvalue weighted by Crippen LogP contribution is -2.33. The van der Waals surface area contributed by atoms with Crippen LogP contribution in [0.2, 0.25) is 0 Å². The van der Waals surface area contributed by atoms with Crippen molar-refractivity contribution >= 4 is 17.7 Å². The number of likely N-dealkylation sites (tertiary alicyclic amines) is 1. The first-order chi connectivity index (χ1) is 16.0. The zero-order chi connectivity index (χ0) is 23.2. The topological polar surface area (TPSA) is 63.1 Å². The molecular formula is C25H30FN5OS. The summed E-state index contributed by atoms with van der Waals surface area (Å²) in [4.78, 5) is 15.3. The number of nitrogens with zero attached hydrogens (tertiary/aromatic N) is 4. The Morgan fingerprint density at radius 3 is 2.42 bits per heavy atom. The molecule has 1 fully saturated rings. The normalized spacial score (nSPS) is 16.3. The highest BCUT2D eigenvalue weighted by Gasteiger charge is 2.23. The minimum Gasteiger partial charge on any atom is -0.349 e. The van der Waals surface area contributed by atoms with Crippen LogP contribution >= 0.6 is 11.8 Å². The van der Waals surface area contributed by atoms with Crippen LogP contribution in [0.1, 0.15) is 50.5 Å². The zero-order valence-corrected chi connectivity index (χ0v) is 19.9. The third kappa shape index (κ3) is 6.00. The predicted molar refractivity (Wildman–Crippen MR) is 129 cm³/mol. The molecule has 4 rings (SSSR count). The molecule has 2 atom stereocenters. The van der Waals surface area contributed by atoms with Gasteiger partial charge in [-0.25, -0.2) is 4.39 Å². The second-order valence-corrected chi connectivity index (χ2v) is 9.76. The fourth-order valence-corrected chi connectivity index (χ4v) is 4.91. The fraction of sp³-hybridized carbons (Fsp3) is 0.400. The molecule has 8 heteroatoms. The Balaban J connectivity index is 1.52. The molecular weight excluding hydrogens is 437 g/mol. The second kappa shape index (κ2) is 10.9. The van der Waals surface area contributed by atoms with Crippen LogP contribution in [0.3, 0.4) is 0 Å². The molecule has 1 saturated heterocycles. The average molecular weight is 468 g/mol. The van der Waals surface area contributed by atoms with E-state index in [0.717, 1.165) is 30.2 Å². The van der Waals surface area contributed by atoms with Crippen molar-refractivity contribution in [2.45, 2.75) is 56.1 Å². The fourth-order valence-electron chi connectivity index (χ4n) is 4.01. The lowest BCUT2D eigenvalue weighted by atomic mass is 10.1. The van der Waals surface area contributed by atoms with E-state index in [4.69, 9.17) is 0 Å². The van der Waals surface area contributed by atoms with Gasteiger partial charge in [0, 0.05) is 5.69 Å². The number of halogens is 1. The highest BCUT2D eigenvalue weighted by atomic mass is 32.2. The van der Waals surface area contributed by atoms with Gasteiger partial charge in [-0.2, -0.15) is 0 Å². The monoisotopic (exact) mass is 467 g/mol. The van der Waals surface area contributed by atoms with Crippen molar-refractivity contribution in [2.75, 3.05) is 13.1 Å². The molecule has 6 nitrogen and oxygen atoms in total. The number of piperidine rings is 1. The first kappa shape index (κ1) is 23.4. The van der Waals surface area contributed by atoms with Crippen molar-refractivity contribution in [3.8, 4) is 5.69 Å². The smallest absolute Gasteiger partial charge is 0.233 e. The van der Waals surface area contributed by atoms with E-state index >= 15 is 0 Å². The molecule has 0 bridgehead atoms. The van der Waals surface area contributed by atoms with Crippen molar-refractivity contribution in [3.05, 3.63) is 71.8 Å². The molecule has 2 aromatic carbocycles. The molecule has 33 heavy (non-hydrogen) atoms. The summed E-state index contributed by atoms with van der Waals surface area (Å²) in [6.07, 6.45) is 3.63. The molecule has 174 valence electrons. The lowest BCUT2D eigenvalue weighted by molar-refractivity contribution is -0.120. The highest BCUT2D eigenvalue weighted by molar-refractivity contribution is 8.00. The van der Waals surface area contributed by atoms with Gasteiger partial charge in [-0.15, -0.1) is 10.2 Å². The van der Waals surface area contributed by atoms with E-state index in [1.807, 2.05) is 48.7 Å². The van der Waals surface area contributed by atoms with E-state index in [1.54, 1.807) is 12.1 Å². The summed E-state index contributed by atoms with van der Waals surface area (Å²) >= 11 is 1.36. The van der Waals surface area contributed by atoms with Gasteiger partial charge >= 0.3 is 0 Å². The number of carbonyl (C=O) groups is 1. The number of aromatic nitrogens is 3. The number of thioether (sulfide) groups is 1. The largest absolute Gasteiger partial charge is 0.349 e. The highest BCUT2D eigenvalue weighted by Crippen LogP contribution is 2.27. The van der Waals surface area contributed by atoms with Crippen LogP contribution in [0.5, 0.6) is 0 Å². The first-order valence-electron chi connectivity index (χ1n) is 11.5. The predicted octanol–water partition coefficient (Wildman–Crippen LogP) is 4.75. The number of nitrogens with one attached hydrogen (secondary N) is 1. The SMILES string of the molecule is C[C@@H](Sc1nnc(CN2CCCCC2)n1-c1ccc(F)cc1)C(=O)N[C@H](C)c1ccccc1. The van der Waals surface area contributed by atoms with E-state index in [0.29, 0.717) is 11.7 Å². The van der Waals surface area contributed by atoms with Crippen LogP contribution in [0, 0.1) is 5.82 Å². The Kier molecular flexibility index (Phi) is 7.77. The van der Waals surface area contributed by atoms with Gasteiger partial charge in [0.1, 0.15) is 5.82 Å². The van der Waals surface area contributed by atoms with Crippen molar-refractivity contribution in [1.82, 2.24) is 25.0 Å². The molecule has 1 aliphatic rings. The molecule has 0 aliphatic carbocycles. The Hall–Kier alpha value is -2.71. The van der Waals surface area contributed by atoms with Gasteiger partial charge < -0.3 is 5.32 Å². The van der Waals surface area contributed by atoms with Gasteiger partial charge in [-0.3, -0.25) is 14.3 Å². The third-order valence-corrected chi connectivity index (χ3v) is 6.95. The number of hydrogen-bond acceptors (Lipinski definition) is 5. The number of benzene rings is 2. The molecule has 0 saturated carbocycles. The lowest BCUT2D eigenvalue weighted by Gasteiger charge is -2.26. The summed E-state index contributed by atoms with van der Waals surface area (Å²) in [5.41, 5.74) is 1.85. The minimum atomic E-state index is -0.373. The first-order valence-corrected chi connectivity index (χ1v) is 12.3. The molecule has 0 spiro atoms. The summed E-state index contributed by atoms with van der Waals surface area (Å²) < 4.78 is 15.5. The van der Waals surface area contributed by atoms with Crippen LogP contribution in [0.15, 0.2) is 59.8 Å². The molecule has 1 aromatic heterocycles. The standard InChI is InChI=1S/C25H30FN5OS/c1-18(20-9-5-3-6-10-20)27-24(32)19(2)33-25-29-28-23(17-30-15-7-4-8-16-30)31(25)22-13-11-21(26)12-14-22/h3,5-6,9-14,18-19H,4,7-8,15-17H2,1-2H3,(H,27,32)/t18-,19-/m1/s1. The van der Waals surface area contributed by atoms with E-state index < -0.39 is 0 Å². The molecule has 1 amide bonds. The average Bonchev–Trinajstić information content (AvgIpc) is 3.22. The molecule has 0 radical (unpaired) electrons. The van der Waals surface area contributed by atoms with E-state index in [2.05, 4.69) is 20.4 Å². The van der Waals surface area contributed by atoms with Gasteiger partial charge in [0.05, 0.1) is 17.8 Å². The molecule has 1 aliphatic heterocycles. The Morgan fingerprint density at radius 2 is 1.73 bits per heavy atom. The molecule has 0 unspecified atom stereocenters. The van der Waals surface area contributed by atoms with Crippen molar-refractivity contribution in [2.24, 2.45) is 0 Å². The Labute approximate surface area is 198 Å². The maximum atomic E-state index is 13.6. The van der Waals surface area contributed by atoms with Crippen LogP contribution < -0.4 is 5.32 Å². The van der Waals surface area contributed by atoms with Gasteiger partial charge in [0.25, 0.3) is 0 Å². The maximum absolute atomic E-state index is 13.6. The van der Waals surface area contributed by atoms with Crippen molar-refractivity contribution in [1.29, 1.82) is 0 Å². The molecule has 1 N–H and O–H groups in total. The molecule has 3 aromatic rings. The number of rotatable bonds is 8. The van der Waals surface area contributed by atoms with Crippen LogP contribution in [0.4, 0.5) is 4.39 Å². The summed E-state index contributed by atoms with van der Waals surface area (Å²) in [6, 6.07) is 16.1. The second-order valence-electron chi connectivity index (χ2n) is 8.45. The van der Waals surface area contributed by atoms with Crippen LogP contribution in [0.25, 0.3) is 5.69 Å². The van der Waals surface area contributed by atoms with Crippen molar-refractivity contribution in [3.63, 3.8) is 0 Å². The summed E-state index contributed by atoms with van der Waals surface area (Å²) in [6.45, 7) is 6.59. The van der Waals surface area contributed by atoms with Crippen LogP contribution in [-0.4, -0.2) is 43.9 Å². The number of carbonyl (C=O) groups excluding carboxylic acids is 1. The number of hydrogen-bond donors (Lipinski definition) is 1. The van der Waals surface area contributed by atoms with E-state index in [1.165, 1.54) is 43.2 Å². The van der Waals surface area contributed by atoms with Crippen molar-refractivity contribution < 1.29 is 9.18 Å². The van der Waals surface area contributed by atoms with E-state index in [9.17, 15) is 9.18 Å². The number of amides is 1. The summed E-state index contributed by atoms with van der Waals surface area (Å²) in [5.74, 6) is 0.445. The zero-order valence-electron chi connectivity index (χ0n) is 19.1. The molecule has 2 heterocycles. The van der Waals surface area contributed by atoms with Gasteiger partial charge in [0.2, 0.25) is 5.91 Å². The maximum Gasteiger partial charge on any atom is 0.233 e. The summed E-state index contributed by atoms with van der Waals surface area (Å²) in [5, 5.41) is 12.2.